The van der Waals surface area contributed by atoms with Crippen molar-refractivity contribution >= 4 is 29.3 Å². The number of nitrogens with zero attached hydrogens (tertiary/aromatic N) is 1. The fraction of sp³-hybridized carbons (Fsp3) is 0.400. The van der Waals surface area contributed by atoms with Crippen LogP contribution in [0.4, 0.5) is 0 Å². The van der Waals surface area contributed by atoms with Gasteiger partial charge in [0.05, 0.1) is 7.11 Å². The maximum atomic E-state index is 13.1. The largest absolute Gasteiger partial charge is 0.497 e. The van der Waals surface area contributed by atoms with Crippen molar-refractivity contribution in [2.24, 2.45) is 11.8 Å². The van der Waals surface area contributed by atoms with E-state index in [2.05, 4.69) is 5.32 Å². The molecule has 3 amide bonds. The molecule has 1 N–H and O–H groups in total. The number of carbonyl (C=O) groups excluding carboxylic acids is 3. The van der Waals surface area contributed by atoms with E-state index >= 15 is 0 Å². The summed E-state index contributed by atoms with van der Waals surface area (Å²) in [7, 11) is 1.54. The summed E-state index contributed by atoms with van der Waals surface area (Å²) in [4.78, 5) is 39.7. The Morgan fingerprint density at radius 2 is 2.15 bits per heavy atom. The van der Waals surface area contributed by atoms with E-state index in [0.717, 1.165) is 5.56 Å². The first-order valence-corrected chi connectivity index (χ1v) is 11.3. The number of amides is 3. The van der Waals surface area contributed by atoms with Crippen LogP contribution in [0, 0.1) is 11.8 Å². The maximum Gasteiger partial charge on any atom is 0.254 e. The van der Waals surface area contributed by atoms with E-state index in [4.69, 9.17) is 21.1 Å². The number of ether oxygens (including phenoxy) is 2. The first-order valence-electron chi connectivity index (χ1n) is 10.9. The zero-order valence-electron chi connectivity index (χ0n) is 19.3. The molecule has 176 valence electrons. The fourth-order valence-corrected chi connectivity index (χ4v) is 4.09. The Balaban J connectivity index is 1.89. The molecular weight excluding hydrogens is 444 g/mol. The van der Waals surface area contributed by atoms with Gasteiger partial charge in [-0.15, -0.1) is 0 Å². The van der Waals surface area contributed by atoms with Crippen LogP contribution < -0.4 is 10.1 Å². The molecule has 7 nitrogen and oxygen atoms in total. The Bertz CT molecular complexity index is 1030. The van der Waals surface area contributed by atoms with Crippen molar-refractivity contribution in [2.75, 3.05) is 13.7 Å². The van der Waals surface area contributed by atoms with E-state index in [1.54, 1.807) is 44.1 Å². The molecule has 0 bridgehead atoms. The average molecular weight is 473 g/mol. The van der Waals surface area contributed by atoms with Crippen LogP contribution in [0.2, 0.25) is 0 Å². The molecule has 33 heavy (non-hydrogen) atoms. The van der Waals surface area contributed by atoms with E-state index in [9.17, 15) is 14.4 Å². The standard InChI is InChI=1S/C25H29ClN2O5/c1-5-7-16-11-22(33-21(16)10-15(3)26)20(24(30)27-23(29)6-2)14-28-13-17-8-9-18(32-4)12-19(17)25(28)31/h5,7-12,16,20-21H,6,13-14H2,1-4H3,(H,27,29,30). The van der Waals surface area contributed by atoms with Crippen molar-refractivity contribution in [1.29, 1.82) is 0 Å². The summed E-state index contributed by atoms with van der Waals surface area (Å²) in [6.45, 7) is 5.76. The third-order valence-electron chi connectivity index (χ3n) is 5.66. The monoisotopic (exact) mass is 472 g/mol. The lowest BCUT2D eigenvalue weighted by atomic mass is 9.99. The Morgan fingerprint density at radius 3 is 2.79 bits per heavy atom. The van der Waals surface area contributed by atoms with Crippen molar-refractivity contribution in [3.8, 4) is 5.75 Å². The number of rotatable bonds is 8. The van der Waals surface area contributed by atoms with Crippen molar-refractivity contribution < 1.29 is 23.9 Å². The second kappa shape index (κ2) is 10.7. The van der Waals surface area contributed by atoms with Crippen LogP contribution in [0.15, 0.2) is 53.3 Å². The van der Waals surface area contributed by atoms with Crippen molar-refractivity contribution in [1.82, 2.24) is 10.2 Å². The minimum Gasteiger partial charge on any atom is -0.497 e. The lowest BCUT2D eigenvalue weighted by molar-refractivity contribution is -0.132. The van der Waals surface area contributed by atoms with Gasteiger partial charge in [0.25, 0.3) is 5.91 Å². The highest BCUT2D eigenvalue weighted by atomic mass is 35.5. The Kier molecular flexibility index (Phi) is 7.97. The predicted molar refractivity (Wildman–Crippen MR) is 126 cm³/mol. The van der Waals surface area contributed by atoms with Gasteiger partial charge in [-0.1, -0.05) is 36.7 Å². The molecule has 3 unspecified atom stereocenters. The van der Waals surface area contributed by atoms with Crippen molar-refractivity contribution in [2.45, 2.75) is 39.8 Å². The van der Waals surface area contributed by atoms with Gasteiger partial charge in [0.1, 0.15) is 23.5 Å². The summed E-state index contributed by atoms with van der Waals surface area (Å²) in [6.07, 6.45) is 7.31. The Hall–Kier alpha value is -3.06. The fourth-order valence-electron chi connectivity index (χ4n) is 3.97. The van der Waals surface area contributed by atoms with Crippen molar-refractivity contribution in [3.63, 3.8) is 0 Å². The summed E-state index contributed by atoms with van der Waals surface area (Å²) < 4.78 is 11.3. The highest BCUT2D eigenvalue weighted by molar-refractivity contribution is 6.29. The van der Waals surface area contributed by atoms with E-state index < -0.39 is 11.8 Å². The van der Waals surface area contributed by atoms with E-state index in [1.807, 2.05) is 31.2 Å². The minimum atomic E-state index is -0.845. The summed E-state index contributed by atoms with van der Waals surface area (Å²) in [5.74, 6) is -1.04. The second-order valence-corrected chi connectivity index (χ2v) is 8.63. The second-order valence-electron chi connectivity index (χ2n) is 8.04. The molecule has 0 saturated carbocycles. The molecule has 2 heterocycles. The predicted octanol–water partition coefficient (Wildman–Crippen LogP) is 3.94. The molecule has 1 aromatic carbocycles. The van der Waals surface area contributed by atoms with Crippen molar-refractivity contribution in [3.05, 3.63) is 64.4 Å². The molecule has 0 aromatic heterocycles. The molecule has 2 aliphatic rings. The van der Waals surface area contributed by atoms with Gasteiger partial charge in [-0.2, -0.15) is 0 Å². The Labute approximate surface area is 199 Å². The number of nitrogens with one attached hydrogen (secondary N) is 1. The van der Waals surface area contributed by atoms with Crippen LogP contribution in [0.1, 0.15) is 43.1 Å². The quantitative estimate of drug-likeness (QED) is 0.579. The first kappa shape index (κ1) is 24.6. The number of fused-ring (bicyclic) bond motifs is 1. The molecule has 0 spiro atoms. The van der Waals surface area contributed by atoms with Gasteiger partial charge in [-0.3, -0.25) is 19.7 Å². The third-order valence-corrected chi connectivity index (χ3v) is 5.79. The summed E-state index contributed by atoms with van der Waals surface area (Å²) in [6, 6.07) is 5.35. The minimum absolute atomic E-state index is 0.0728. The van der Waals surface area contributed by atoms with E-state index in [0.29, 0.717) is 28.6 Å². The lowest BCUT2D eigenvalue weighted by Gasteiger charge is -2.24. The number of methoxy groups -OCH3 is 1. The van der Waals surface area contributed by atoms with Crippen LogP contribution in [0.25, 0.3) is 0 Å². The Morgan fingerprint density at radius 1 is 1.39 bits per heavy atom. The molecule has 2 aliphatic heterocycles. The first-order chi connectivity index (χ1) is 15.8. The number of allylic oxidation sites excluding steroid dienone is 2. The van der Waals surface area contributed by atoms with Gasteiger partial charge in [-0.25, -0.2) is 0 Å². The van der Waals surface area contributed by atoms with Gasteiger partial charge in [-0.05, 0) is 43.7 Å². The number of imide groups is 1. The molecule has 8 heteroatoms. The van der Waals surface area contributed by atoms with Gasteiger partial charge in [0.2, 0.25) is 11.8 Å². The van der Waals surface area contributed by atoms with Crippen LogP contribution in [0.3, 0.4) is 0 Å². The smallest absolute Gasteiger partial charge is 0.254 e. The summed E-state index contributed by atoms with van der Waals surface area (Å²) >= 11 is 6.08. The van der Waals surface area contributed by atoms with E-state index in [-0.39, 0.29) is 36.8 Å². The highest BCUT2D eigenvalue weighted by Crippen LogP contribution is 2.34. The van der Waals surface area contributed by atoms with Crippen LogP contribution >= 0.6 is 11.6 Å². The van der Waals surface area contributed by atoms with Gasteiger partial charge < -0.3 is 14.4 Å². The van der Waals surface area contributed by atoms with Crippen LogP contribution in [-0.2, 0) is 20.9 Å². The lowest BCUT2D eigenvalue weighted by Crippen LogP contribution is -2.42. The molecule has 3 rings (SSSR count). The SMILES string of the molecule is CC=CC1C=C(C(CN2Cc3ccc(OC)cc3C2=O)C(=O)NC(=O)CC)OC1C=C(C)Cl. The molecule has 0 fully saturated rings. The van der Waals surface area contributed by atoms with E-state index in [1.165, 1.54) is 0 Å². The molecule has 0 saturated heterocycles. The normalized spacial score (nSPS) is 21.0. The highest BCUT2D eigenvalue weighted by Gasteiger charge is 2.38. The maximum absolute atomic E-state index is 13.1. The molecule has 1 aromatic rings. The van der Waals surface area contributed by atoms with Gasteiger partial charge >= 0.3 is 0 Å². The summed E-state index contributed by atoms with van der Waals surface area (Å²) in [5, 5.41) is 3.00. The number of hydrogen-bond donors (Lipinski definition) is 1. The average Bonchev–Trinajstić information content (AvgIpc) is 3.31. The topological polar surface area (TPSA) is 84.9 Å². The number of benzene rings is 1. The van der Waals surface area contributed by atoms with Gasteiger partial charge in [0, 0.05) is 36.0 Å². The number of carbonyl (C=O) groups is 3. The van der Waals surface area contributed by atoms with Crippen LogP contribution in [-0.4, -0.2) is 42.4 Å². The molecule has 3 atom stereocenters. The molecule has 0 radical (unpaired) electrons. The zero-order valence-corrected chi connectivity index (χ0v) is 20.0. The summed E-state index contributed by atoms with van der Waals surface area (Å²) in [5.41, 5.74) is 1.40. The third kappa shape index (κ3) is 5.66. The number of hydrogen-bond acceptors (Lipinski definition) is 5. The molecule has 0 aliphatic carbocycles. The zero-order chi connectivity index (χ0) is 24.1. The van der Waals surface area contributed by atoms with Crippen LogP contribution in [0.5, 0.6) is 5.75 Å². The van der Waals surface area contributed by atoms with Gasteiger partial charge in [0.15, 0.2) is 0 Å². The number of halogens is 1. The molecular formula is C25H29ClN2O5.